The number of hydrogen-bond acceptors (Lipinski definition) is 4. The summed E-state index contributed by atoms with van der Waals surface area (Å²) in [5.41, 5.74) is 1.22. The molecule has 0 unspecified atom stereocenters. The lowest BCUT2D eigenvalue weighted by molar-refractivity contribution is 0.304. The summed E-state index contributed by atoms with van der Waals surface area (Å²) < 4.78 is 17.1. The van der Waals surface area contributed by atoms with Crippen molar-refractivity contribution in [2.24, 2.45) is 10.2 Å². The molecule has 0 atom stereocenters. The van der Waals surface area contributed by atoms with E-state index in [0.717, 1.165) is 18.8 Å². The van der Waals surface area contributed by atoms with E-state index in [-0.39, 0.29) is 5.30 Å². The number of unbranched alkanes of at least 4 members (excludes halogenated alkanes) is 15. The summed E-state index contributed by atoms with van der Waals surface area (Å²) in [5, 5.41) is 8.25. The van der Waals surface area contributed by atoms with Gasteiger partial charge in [-0.25, -0.2) is 0 Å². The van der Waals surface area contributed by atoms with Gasteiger partial charge in [0.05, 0.1) is 23.3 Å². The number of azo groups is 1. The molecule has 37 heavy (non-hydrogen) atoms. The van der Waals surface area contributed by atoms with E-state index < -0.39 is 7.60 Å². The highest BCUT2D eigenvalue weighted by molar-refractivity contribution is 7.60. The summed E-state index contributed by atoms with van der Waals surface area (Å²) >= 11 is 0. The van der Waals surface area contributed by atoms with Gasteiger partial charge in [0.1, 0.15) is 5.75 Å². The van der Waals surface area contributed by atoms with Gasteiger partial charge in [0, 0.05) is 0 Å². The maximum absolute atomic E-state index is 11.2. The molecule has 0 saturated heterocycles. The predicted molar refractivity (Wildman–Crippen MR) is 154 cm³/mol. The lowest BCUT2D eigenvalue weighted by atomic mass is 10.0. The van der Waals surface area contributed by atoms with Crippen molar-refractivity contribution >= 4 is 24.3 Å². The van der Waals surface area contributed by atoms with Gasteiger partial charge in [-0.05, 0) is 55.0 Å². The van der Waals surface area contributed by atoms with E-state index in [4.69, 9.17) is 14.5 Å². The fourth-order valence-electron chi connectivity index (χ4n) is 4.28. The quantitative estimate of drug-likeness (QED) is 0.0955. The first-order valence-corrected chi connectivity index (χ1v) is 15.9. The lowest BCUT2D eigenvalue weighted by Gasteiger charge is -2.06. The molecule has 0 aliphatic rings. The number of benzene rings is 2. The lowest BCUT2D eigenvalue weighted by Crippen LogP contribution is -2.01. The van der Waals surface area contributed by atoms with Crippen LogP contribution in [0.2, 0.25) is 0 Å². The van der Waals surface area contributed by atoms with Crippen LogP contribution in [0.3, 0.4) is 0 Å². The Bertz CT molecular complexity index is 910. The topological polar surface area (TPSA) is 91.5 Å². The molecule has 0 spiro atoms. The van der Waals surface area contributed by atoms with E-state index in [1.54, 1.807) is 0 Å². The minimum Gasteiger partial charge on any atom is -0.494 e. The van der Waals surface area contributed by atoms with Crippen molar-refractivity contribution in [3.8, 4) is 5.75 Å². The highest BCUT2D eigenvalue weighted by atomic mass is 31.2. The molecular formula is C30H47N2O4P. The maximum atomic E-state index is 11.2. The molecule has 0 bridgehead atoms. The number of rotatable bonds is 21. The van der Waals surface area contributed by atoms with Crippen LogP contribution in [0.1, 0.15) is 110 Å². The van der Waals surface area contributed by atoms with Gasteiger partial charge < -0.3 is 14.5 Å². The minimum atomic E-state index is -4.24. The van der Waals surface area contributed by atoms with Gasteiger partial charge in [0.25, 0.3) is 0 Å². The molecule has 0 aliphatic heterocycles. The van der Waals surface area contributed by atoms with Gasteiger partial charge in [-0.1, -0.05) is 103 Å². The Kier molecular flexibility index (Phi) is 16.1. The van der Waals surface area contributed by atoms with Gasteiger partial charge in [-0.3, -0.25) is 4.57 Å². The average molecular weight is 531 g/mol. The number of hydrogen-bond donors (Lipinski definition) is 2. The highest BCUT2D eigenvalue weighted by Crippen LogP contribution is 2.33. The van der Waals surface area contributed by atoms with Crippen LogP contribution in [-0.2, 0) is 4.57 Å². The molecule has 2 rings (SSSR count). The standard InChI is InChI=1S/C30H47N2O4P/c1-2-3-4-5-6-7-8-9-10-11-12-13-14-15-16-17-26-36-29-22-18-27(19-23-29)31-32-28-20-24-30(25-21-28)37(33,34)35/h18-25H,2-17,26H2,1H3,(H2,33,34,35). The Balaban J connectivity index is 1.45. The second-order valence-electron chi connectivity index (χ2n) is 9.91. The zero-order valence-electron chi connectivity index (χ0n) is 22.7. The van der Waals surface area contributed by atoms with E-state index in [1.165, 1.54) is 121 Å². The Labute approximate surface area is 224 Å². The van der Waals surface area contributed by atoms with Crippen LogP contribution >= 0.6 is 7.60 Å². The van der Waals surface area contributed by atoms with Crippen molar-refractivity contribution in [1.82, 2.24) is 0 Å². The van der Waals surface area contributed by atoms with Crippen molar-refractivity contribution in [1.29, 1.82) is 0 Å². The van der Waals surface area contributed by atoms with E-state index in [9.17, 15) is 4.57 Å². The second-order valence-corrected chi connectivity index (χ2v) is 11.5. The fraction of sp³-hybridized carbons (Fsp3) is 0.600. The predicted octanol–water partition coefficient (Wildman–Crippen LogP) is 9.55. The summed E-state index contributed by atoms with van der Waals surface area (Å²) in [6.45, 7) is 3.01. The molecule has 206 valence electrons. The molecule has 6 nitrogen and oxygen atoms in total. The Hall–Kier alpha value is -2.01. The van der Waals surface area contributed by atoms with Crippen LogP contribution in [0.4, 0.5) is 11.4 Å². The monoisotopic (exact) mass is 530 g/mol. The Morgan fingerprint density at radius 3 is 1.38 bits per heavy atom. The van der Waals surface area contributed by atoms with Crippen molar-refractivity contribution in [3.05, 3.63) is 48.5 Å². The van der Waals surface area contributed by atoms with Crippen LogP contribution in [0.5, 0.6) is 5.75 Å². The summed E-state index contributed by atoms with van der Waals surface area (Å²) in [4.78, 5) is 18.3. The van der Waals surface area contributed by atoms with Gasteiger partial charge in [-0.15, -0.1) is 0 Å². The zero-order chi connectivity index (χ0) is 26.6. The van der Waals surface area contributed by atoms with Crippen molar-refractivity contribution < 1.29 is 19.1 Å². The van der Waals surface area contributed by atoms with Crippen molar-refractivity contribution in [2.45, 2.75) is 110 Å². The van der Waals surface area contributed by atoms with E-state index in [1.807, 2.05) is 24.3 Å². The summed E-state index contributed by atoms with van der Waals surface area (Å²) in [6.07, 6.45) is 21.8. The first-order valence-electron chi connectivity index (χ1n) is 14.3. The molecule has 2 aromatic carbocycles. The van der Waals surface area contributed by atoms with Crippen molar-refractivity contribution in [2.75, 3.05) is 6.61 Å². The molecule has 0 amide bonds. The molecule has 2 N–H and O–H groups in total. The molecule has 0 aromatic heterocycles. The van der Waals surface area contributed by atoms with Crippen LogP contribution in [0.25, 0.3) is 0 Å². The van der Waals surface area contributed by atoms with E-state index in [2.05, 4.69) is 17.2 Å². The minimum absolute atomic E-state index is 0.0303. The van der Waals surface area contributed by atoms with E-state index in [0.29, 0.717) is 11.4 Å². The van der Waals surface area contributed by atoms with Gasteiger partial charge in [0.2, 0.25) is 0 Å². The summed E-state index contributed by atoms with van der Waals surface area (Å²) in [6, 6.07) is 13.3. The van der Waals surface area contributed by atoms with Crippen LogP contribution in [0.15, 0.2) is 58.8 Å². The van der Waals surface area contributed by atoms with Gasteiger partial charge in [-0.2, -0.15) is 10.2 Å². The third-order valence-corrected chi connectivity index (χ3v) is 7.54. The largest absolute Gasteiger partial charge is 0.494 e. The Morgan fingerprint density at radius 2 is 0.973 bits per heavy atom. The molecule has 0 radical (unpaired) electrons. The molecule has 0 heterocycles. The average Bonchev–Trinajstić information content (AvgIpc) is 2.89. The molecule has 7 heteroatoms. The normalized spacial score (nSPS) is 11.9. The zero-order valence-corrected chi connectivity index (χ0v) is 23.6. The summed E-state index contributed by atoms with van der Waals surface area (Å²) in [5.74, 6) is 0.825. The summed E-state index contributed by atoms with van der Waals surface area (Å²) in [7, 11) is -4.24. The van der Waals surface area contributed by atoms with Crippen LogP contribution < -0.4 is 10.0 Å². The molecule has 0 aliphatic carbocycles. The van der Waals surface area contributed by atoms with Crippen LogP contribution in [0, 0.1) is 0 Å². The van der Waals surface area contributed by atoms with Gasteiger partial charge >= 0.3 is 7.60 Å². The maximum Gasteiger partial charge on any atom is 0.356 e. The first kappa shape index (κ1) is 31.2. The Morgan fingerprint density at radius 1 is 0.595 bits per heavy atom. The molecule has 0 saturated carbocycles. The second kappa shape index (κ2) is 19.1. The third kappa shape index (κ3) is 15.1. The fourth-order valence-corrected chi connectivity index (χ4v) is 4.82. The third-order valence-electron chi connectivity index (χ3n) is 6.57. The molecule has 2 aromatic rings. The molecular weight excluding hydrogens is 483 g/mol. The molecule has 0 fully saturated rings. The number of ether oxygens (including phenoxy) is 1. The first-order chi connectivity index (χ1) is 18.0. The van der Waals surface area contributed by atoms with Crippen molar-refractivity contribution in [3.63, 3.8) is 0 Å². The van der Waals surface area contributed by atoms with E-state index >= 15 is 0 Å². The van der Waals surface area contributed by atoms with Crippen LogP contribution in [-0.4, -0.2) is 16.4 Å². The van der Waals surface area contributed by atoms with Gasteiger partial charge in [0.15, 0.2) is 0 Å². The highest BCUT2D eigenvalue weighted by Gasteiger charge is 2.15. The smallest absolute Gasteiger partial charge is 0.356 e. The SMILES string of the molecule is CCCCCCCCCCCCCCCCCCOc1ccc(N=Nc2ccc(P(=O)(O)O)cc2)cc1. The number of nitrogens with zero attached hydrogens (tertiary/aromatic N) is 2.